The third kappa shape index (κ3) is 3.64. The minimum atomic E-state index is -2.05. The SMILES string of the molecule is CC#Cc1ccccc1[Si](C#Cc1ccccc1)(C(C)C)C(C)C. The summed E-state index contributed by atoms with van der Waals surface area (Å²) < 4.78 is 0. The summed E-state index contributed by atoms with van der Waals surface area (Å²) in [6, 6.07) is 18.9. The van der Waals surface area contributed by atoms with Gasteiger partial charge in [0, 0.05) is 11.1 Å². The molecule has 0 heterocycles. The summed E-state index contributed by atoms with van der Waals surface area (Å²) in [4.78, 5) is 0. The Hall–Kier alpha value is -2.22. The van der Waals surface area contributed by atoms with Crippen LogP contribution in [0.1, 0.15) is 45.7 Å². The van der Waals surface area contributed by atoms with Gasteiger partial charge < -0.3 is 0 Å². The van der Waals surface area contributed by atoms with Crippen molar-refractivity contribution in [1.82, 2.24) is 0 Å². The van der Waals surface area contributed by atoms with Crippen molar-refractivity contribution in [2.45, 2.75) is 45.7 Å². The van der Waals surface area contributed by atoms with Gasteiger partial charge in [-0.2, -0.15) is 0 Å². The maximum atomic E-state index is 3.78. The van der Waals surface area contributed by atoms with Gasteiger partial charge in [-0.3, -0.25) is 0 Å². The number of benzene rings is 2. The Morgan fingerprint density at radius 2 is 1.33 bits per heavy atom. The molecule has 0 saturated heterocycles. The van der Waals surface area contributed by atoms with Crippen LogP contribution in [0, 0.1) is 23.3 Å². The normalized spacial score (nSPS) is 10.8. The highest BCUT2D eigenvalue weighted by Crippen LogP contribution is 2.32. The van der Waals surface area contributed by atoms with Crippen LogP contribution in [0.4, 0.5) is 0 Å². The fraction of sp³-hybridized carbons (Fsp3) is 0.304. The Kier molecular flexibility index (Phi) is 6.08. The van der Waals surface area contributed by atoms with Crippen LogP contribution in [0.25, 0.3) is 0 Å². The lowest BCUT2D eigenvalue weighted by atomic mass is 10.2. The lowest BCUT2D eigenvalue weighted by molar-refractivity contribution is 0.930. The molecule has 2 aromatic rings. The summed E-state index contributed by atoms with van der Waals surface area (Å²) in [7, 11) is -2.05. The molecule has 24 heavy (non-hydrogen) atoms. The van der Waals surface area contributed by atoms with Crippen LogP contribution in [0.2, 0.25) is 11.1 Å². The van der Waals surface area contributed by atoms with Crippen LogP contribution in [0.3, 0.4) is 0 Å². The van der Waals surface area contributed by atoms with Crippen LogP contribution in [-0.2, 0) is 0 Å². The predicted octanol–water partition coefficient (Wildman–Crippen LogP) is 5.12. The van der Waals surface area contributed by atoms with E-state index in [1.807, 2.05) is 13.0 Å². The van der Waals surface area contributed by atoms with E-state index in [9.17, 15) is 0 Å². The van der Waals surface area contributed by atoms with Crippen molar-refractivity contribution in [2.24, 2.45) is 0 Å². The molecule has 0 aliphatic rings. The van der Waals surface area contributed by atoms with E-state index in [1.54, 1.807) is 0 Å². The molecule has 0 N–H and O–H groups in total. The first kappa shape index (κ1) is 18.1. The molecule has 0 fully saturated rings. The van der Waals surface area contributed by atoms with E-state index < -0.39 is 8.07 Å². The zero-order valence-corrected chi connectivity index (χ0v) is 16.4. The molecule has 2 rings (SSSR count). The van der Waals surface area contributed by atoms with Crippen LogP contribution in [0.15, 0.2) is 54.6 Å². The lowest BCUT2D eigenvalue weighted by Crippen LogP contribution is -2.53. The van der Waals surface area contributed by atoms with Crippen LogP contribution in [-0.4, -0.2) is 8.07 Å². The van der Waals surface area contributed by atoms with Crippen molar-refractivity contribution in [1.29, 1.82) is 0 Å². The molecule has 0 aliphatic heterocycles. The van der Waals surface area contributed by atoms with Crippen LogP contribution >= 0.6 is 0 Å². The Morgan fingerprint density at radius 1 is 0.750 bits per heavy atom. The first-order valence-corrected chi connectivity index (χ1v) is 10.8. The summed E-state index contributed by atoms with van der Waals surface area (Å²) >= 11 is 0. The Morgan fingerprint density at radius 3 is 1.92 bits per heavy atom. The van der Waals surface area contributed by atoms with E-state index in [0.717, 1.165) is 11.1 Å². The first-order chi connectivity index (χ1) is 11.5. The molecule has 2 aromatic carbocycles. The zero-order chi connectivity index (χ0) is 17.6. The molecule has 0 spiro atoms. The van der Waals surface area contributed by atoms with Crippen LogP contribution < -0.4 is 5.19 Å². The number of rotatable bonds is 3. The second-order valence-corrected chi connectivity index (χ2v) is 11.6. The summed E-state index contributed by atoms with van der Waals surface area (Å²) in [5.74, 6) is 9.86. The molecule has 0 aromatic heterocycles. The van der Waals surface area contributed by atoms with Gasteiger partial charge in [0.1, 0.15) is 0 Å². The van der Waals surface area contributed by atoms with E-state index in [0.29, 0.717) is 11.1 Å². The van der Waals surface area contributed by atoms with E-state index in [2.05, 4.69) is 99.5 Å². The molecule has 1 heteroatoms. The summed E-state index contributed by atoms with van der Waals surface area (Å²) in [5.41, 5.74) is 7.07. The van der Waals surface area contributed by atoms with E-state index in [1.165, 1.54) is 5.19 Å². The number of hydrogen-bond acceptors (Lipinski definition) is 0. The molecule has 0 radical (unpaired) electrons. The zero-order valence-electron chi connectivity index (χ0n) is 15.4. The number of hydrogen-bond donors (Lipinski definition) is 0. The molecule has 0 nitrogen and oxygen atoms in total. The van der Waals surface area contributed by atoms with Crippen molar-refractivity contribution >= 4 is 13.3 Å². The van der Waals surface area contributed by atoms with Gasteiger partial charge in [-0.1, -0.05) is 75.9 Å². The van der Waals surface area contributed by atoms with Crippen molar-refractivity contribution in [3.8, 4) is 23.3 Å². The molecule has 0 atom stereocenters. The lowest BCUT2D eigenvalue weighted by Gasteiger charge is -2.35. The van der Waals surface area contributed by atoms with Gasteiger partial charge in [-0.25, -0.2) is 0 Å². The smallest absolute Gasteiger partial charge is 0.120 e. The van der Waals surface area contributed by atoms with Crippen molar-refractivity contribution in [3.63, 3.8) is 0 Å². The fourth-order valence-electron chi connectivity index (χ4n) is 3.43. The third-order valence-electron chi connectivity index (χ3n) is 4.64. The van der Waals surface area contributed by atoms with Gasteiger partial charge in [-0.15, -0.1) is 11.5 Å². The second-order valence-electron chi connectivity index (χ2n) is 6.72. The molecule has 0 saturated carbocycles. The maximum Gasteiger partial charge on any atom is 0.175 e. The molecule has 0 unspecified atom stereocenters. The molecule has 0 aliphatic carbocycles. The van der Waals surface area contributed by atoms with Gasteiger partial charge in [0.2, 0.25) is 0 Å². The van der Waals surface area contributed by atoms with Crippen molar-refractivity contribution < 1.29 is 0 Å². The first-order valence-electron chi connectivity index (χ1n) is 8.62. The summed E-state index contributed by atoms with van der Waals surface area (Å²) in [5, 5.41) is 1.38. The van der Waals surface area contributed by atoms with Crippen molar-refractivity contribution in [3.05, 3.63) is 65.7 Å². The standard InChI is InChI=1S/C23H26Si/c1-6-12-22-15-10-11-16-23(22)24(19(2)3,20(4)5)18-17-21-13-8-7-9-14-21/h7-11,13-16,19-20H,1-5H3. The minimum absolute atomic E-state index is 0.522. The Bertz CT molecular complexity index is 784. The maximum absolute atomic E-state index is 3.78. The minimum Gasteiger partial charge on any atom is -0.120 e. The average Bonchev–Trinajstić information content (AvgIpc) is 2.57. The highest BCUT2D eigenvalue weighted by molar-refractivity contribution is 7.00. The molecule has 0 amide bonds. The Balaban J connectivity index is 2.69. The van der Waals surface area contributed by atoms with Gasteiger partial charge in [0.25, 0.3) is 0 Å². The van der Waals surface area contributed by atoms with Gasteiger partial charge >= 0.3 is 0 Å². The molecule has 0 bridgehead atoms. The van der Waals surface area contributed by atoms with Crippen LogP contribution in [0.5, 0.6) is 0 Å². The van der Waals surface area contributed by atoms with Gasteiger partial charge in [0.05, 0.1) is 0 Å². The van der Waals surface area contributed by atoms with Gasteiger partial charge in [-0.05, 0) is 41.4 Å². The molecular weight excluding hydrogens is 304 g/mol. The topological polar surface area (TPSA) is 0 Å². The highest BCUT2D eigenvalue weighted by Gasteiger charge is 2.42. The third-order valence-corrected chi connectivity index (χ3v) is 10.1. The summed E-state index contributed by atoms with van der Waals surface area (Å²) in [6.45, 7) is 11.2. The van der Waals surface area contributed by atoms with E-state index >= 15 is 0 Å². The Labute approximate surface area is 148 Å². The molecular formula is C23H26Si. The van der Waals surface area contributed by atoms with Gasteiger partial charge in [0.15, 0.2) is 8.07 Å². The largest absolute Gasteiger partial charge is 0.175 e. The van der Waals surface area contributed by atoms with Crippen molar-refractivity contribution in [2.75, 3.05) is 0 Å². The van der Waals surface area contributed by atoms with E-state index in [4.69, 9.17) is 0 Å². The predicted molar refractivity (Wildman–Crippen MR) is 108 cm³/mol. The molecule has 122 valence electrons. The highest BCUT2D eigenvalue weighted by atomic mass is 28.3. The monoisotopic (exact) mass is 330 g/mol. The average molecular weight is 331 g/mol. The van der Waals surface area contributed by atoms with E-state index in [-0.39, 0.29) is 0 Å². The fourth-order valence-corrected chi connectivity index (χ4v) is 8.03. The quantitative estimate of drug-likeness (QED) is 0.541. The second kappa shape index (κ2) is 8.05. The summed E-state index contributed by atoms with van der Waals surface area (Å²) in [6.07, 6.45) is 0.